The Labute approximate surface area is 169 Å². The van der Waals surface area contributed by atoms with Gasteiger partial charge in [-0.15, -0.1) is 0 Å². The average Bonchev–Trinajstić information content (AvgIpc) is 2.87. The number of ketones is 1. The fourth-order valence-corrected chi connectivity index (χ4v) is 7.71. The molecule has 4 aliphatic carbocycles. The molecule has 0 aromatic rings. The predicted octanol–water partition coefficient (Wildman–Crippen LogP) is 0.722. The Morgan fingerprint density at radius 1 is 1.34 bits per heavy atom. The van der Waals surface area contributed by atoms with Crippen molar-refractivity contribution in [3.63, 3.8) is 0 Å². The first-order chi connectivity index (χ1) is 13.4. The highest BCUT2D eigenvalue weighted by Gasteiger charge is 2.85. The number of esters is 1. The second-order valence-electron chi connectivity index (χ2n) is 10.2. The number of rotatable bonds is 1. The van der Waals surface area contributed by atoms with Gasteiger partial charge in [-0.05, 0) is 35.8 Å². The number of allylic oxidation sites excluding steroid dienone is 2. The number of aliphatic hydroxyl groups excluding tert-OH is 2. The molecule has 2 aliphatic heterocycles. The molecular weight excluding hydrogens is 376 g/mol. The summed E-state index contributed by atoms with van der Waals surface area (Å²) in [6.45, 7) is 9.17. The molecule has 0 radical (unpaired) electrons. The second kappa shape index (κ2) is 5.38. The minimum atomic E-state index is -2.01. The number of hydrogen-bond donors (Lipinski definition) is 3. The maximum absolute atomic E-state index is 13.4. The summed E-state index contributed by atoms with van der Waals surface area (Å²) >= 11 is 0. The first kappa shape index (κ1) is 19.4. The van der Waals surface area contributed by atoms with Crippen LogP contribution in [0.25, 0.3) is 0 Å². The third-order valence-corrected chi connectivity index (χ3v) is 8.70. The number of carbonyl (C=O) groups is 2. The van der Waals surface area contributed by atoms with Gasteiger partial charge in [-0.2, -0.15) is 0 Å². The zero-order chi connectivity index (χ0) is 21.1. The van der Waals surface area contributed by atoms with Gasteiger partial charge < -0.3 is 24.8 Å². The van der Waals surface area contributed by atoms with Crippen molar-refractivity contribution in [1.29, 1.82) is 0 Å². The fourth-order valence-electron chi connectivity index (χ4n) is 7.71. The Hall–Kier alpha value is -1.54. The van der Waals surface area contributed by atoms with E-state index in [2.05, 4.69) is 6.58 Å². The SMILES string of the molecule is C=C1[C@H]2C[C@@]3([C@@H]1OC(C)=O)[C@@H](C[C@H]2O)[C@@]12CO[C@]3(O)[C@@H](O)[C@@H]1C(C)(C)C=CC2=O. The van der Waals surface area contributed by atoms with Gasteiger partial charge in [-0.3, -0.25) is 9.59 Å². The molecule has 0 unspecified atom stereocenters. The lowest BCUT2D eigenvalue weighted by molar-refractivity contribution is -0.443. The lowest BCUT2D eigenvalue weighted by Gasteiger charge is -2.72. The third-order valence-electron chi connectivity index (χ3n) is 8.70. The maximum atomic E-state index is 13.4. The van der Waals surface area contributed by atoms with Gasteiger partial charge in [0.1, 0.15) is 12.2 Å². The van der Waals surface area contributed by atoms with Gasteiger partial charge in [0.25, 0.3) is 0 Å². The Bertz CT molecular complexity index is 861. The van der Waals surface area contributed by atoms with E-state index in [1.165, 1.54) is 6.92 Å². The summed E-state index contributed by atoms with van der Waals surface area (Å²) in [5.74, 6) is -4.23. The van der Waals surface area contributed by atoms with Crippen LogP contribution in [0, 0.1) is 34.0 Å². The van der Waals surface area contributed by atoms with E-state index in [4.69, 9.17) is 9.47 Å². The van der Waals surface area contributed by atoms with Gasteiger partial charge in [-0.25, -0.2) is 0 Å². The Kier molecular flexibility index (Phi) is 3.60. The van der Waals surface area contributed by atoms with Crippen molar-refractivity contribution in [1.82, 2.24) is 0 Å². The van der Waals surface area contributed by atoms with E-state index in [1.54, 1.807) is 12.2 Å². The fraction of sp³-hybridized carbons (Fsp3) is 0.727. The molecule has 4 bridgehead atoms. The number of aliphatic hydroxyl groups is 3. The summed E-state index contributed by atoms with van der Waals surface area (Å²) in [7, 11) is 0. The molecule has 7 nitrogen and oxygen atoms in total. The van der Waals surface area contributed by atoms with Gasteiger partial charge in [0, 0.05) is 18.8 Å². The summed E-state index contributed by atoms with van der Waals surface area (Å²) in [6.07, 6.45) is 0.769. The summed E-state index contributed by atoms with van der Waals surface area (Å²) in [6, 6.07) is 0. The number of carbonyl (C=O) groups excluding carboxylic acids is 2. The van der Waals surface area contributed by atoms with Crippen molar-refractivity contribution in [2.75, 3.05) is 6.61 Å². The van der Waals surface area contributed by atoms with E-state index in [0.29, 0.717) is 5.57 Å². The summed E-state index contributed by atoms with van der Waals surface area (Å²) < 4.78 is 11.6. The third kappa shape index (κ3) is 1.89. The Morgan fingerprint density at radius 3 is 2.69 bits per heavy atom. The predicted molar refractivity (Wildman–Crippen MR) is 100 cm³/mol. The van der Waals surface area contributed by atoms with E-state index in [9.17, 15) is 24.9 Å². The van der Waals surface area contributed by atoms with Crippen LogP contribution in [0.4, 0.5) is 0 Å². The molecule has 7 heteroatoms. The van der Waals surface area contributed by atoms with Crippen molar-refractivity contribution in [3.8, 4) is 0 Å². The quantitative estimate of drug-likeness (QED) is 0.436. The molecule has 9 atom stereocenters. The van der Waals surface area contributed by atoms with E-state index in [-0.39, 0.29) is 25.2 Å². The topological polar surface area (TPSA) is 113 Å². The zero-order valence-electron chi connectivity index (χ0n) is 16.9. The summed E-state index contributed by atoms with van der Waals surface area (Å²) in [5, 5.41) is 34.3. The highest BCUT2D eigenvalue weighted by atomic mass is 16.6. The van der Waals surface area contributed by atoms with Crippen molar-refractivity contribution >= 4 is 11.8 Å². The molecular formula is C22H28O7. The molecule has 29 heavy (non-hydrogen) atoms. The van der Waals surface area contributed by atoms with E-state index < -0.39 is 64.1 Å². The van der Waals surface area contributed by atoms with Crippen LogP contribution in [0.15, 0.2) is 24.3 Å². The molecule has 0 amide bonds. The zero-order valence-corrected chi connectivity index (χ0v) is 16.9. The van der Waals surface area contributed by atoms with Crippen LogP contribution in [0.3, 0.4) is 0 Å². The molecule has 5 fully saturated rings. The number of ether oxygens (including phenoxy) is 2. The van der Waals surface area contributed by atoms with Gasteiger partial charge in [0.05, 0.1) is 23.5 Å². The highest BCUT2D eigenvalue weighted by molar-refractivity contribution is 5.97. The second-order valence-corrected chi connectivity index (χ2v) is 10.2. The van der Waals surface area contributed by atoms with E-state index >= 15 is 0 Å². The van der Waals surface area contributed by atoms with Gasteiger partial charge in [0.15, 0.2) is 5.78 Å². The van der Waals surface area contributed by atoms with Crippen LogP contribution < -0.4 is 0 Å². The molecule has 6 rings (SSSR count). The van der Waals surface area contributed by atoms with E-state index in [1.807, 2.05) is 13.8 Å². The minimum absolute atomic E-state index is 0.0408. The van der Waals surface area contributed by atoms with Crippen molar-refractivity contribution in [2.24, 2.45) is 34.0 Å². The Morgan fingerprint density at radius 2 is 2.03 bits per heavy atom. The molecule has 0 aromatic heterocycles. The van der Waals surface area contributed by atoms with Crippen molar-refractivity contribution in [3.05, 3.63) is 24.3 Å². The lowest BCUT2D eigenvalue weighted by atomic mass is 9.37. The molecule has 2 saturated heterocycles. The van der Waals surface area contributed by atoms with Gasteiger partial charge in [-0.1, -0.05) is 26.5 Å². The molecule has 2 spiro atoms. The van der Waals surface area contributed by atoms with Crippen LogP contribution >= 0.6 is 0 Å². The van der Waals surface area contributed by atoms with Crippen molar-refractivity contribution in [2.45, 2.75) is 57.7 Å². The van der Waals surface area contributed by atoms with Crippen LogP contribution in [0.5, 0.6) is 0 Å². The monoisotopic (exact) mass is 404 g/mol. The Balaban J connectivity index is 1.79. The van der Waals surface area contributed by atoms with E-state index in [0.717, 1.165) is 0 Å². The molecule has 6 aliphatic rings. The molecule has 158 valence electrons. The molecule has 0 aromatic carbocycles. The standard InChI is InChI=1S/C22H28O7/c1-10-12-8-21(18(10)29-11(2)23)14(7-13(12)24)20-9-28-22(21,27)17(26)16(20)19(3,4)6-5-15(20)25/h5-6,12-14,16-18,24,26-27H,1,7-9H2,2-4H3/t12-,13-,14+,16-,17+,18-,20-,21+,22-/m1/s1. The molecule has 3 N–H and O–H groups in total. The maximum Gasteiger partial charge on any atom is 0.303 e. The number of fused-ring (bicyclic) bond motifs is 2. The summed E-state index contributed by atoms with van der Waals surface area (Å²) in [5.41, 5.74) is -2.40. The highest BCUT2D eigenvalue weighted by Crippen LogP contribution is 2.76. The smallest absolute Gasteiger partial charge is 0.303 e. The minimum Gasteiger partial charge on any atom is -0.457 e. The largest absolute Gasteiger partial charge is 0.457 e. The molecule has 2 heterocycles. The first-order valence-electron chi connectivity index (χ1n) is 10.3. The average molecular weight is 404 g/mol. The number of hydrogen-bond acceptors (Lipinski definition) is 7. The van der Waals surface area contributed by atoms with Crippen LogP contribution in [-0.4, -0.2) is 57.8 Å². The van der Waals surface area contributed by atoms with Crippen LogP contribution in [0.2, 0.25) is 0 Å². The van der Waals surface area contributed by atoms with Crippen LogP contribution in [0.1, 0.15) is 33.6 Å². The first-order valence-corrected chi connectivity index (χ1v) is 10.3. The summed E-state index contributed by atoms with van der Waals surface area (Å²) in [4.78, 5) is 25.4. The van der Waals surface area contributed by atoms with Crippen molar-refractivity contribution < 1.29 is 34.4 Å². The molecule has 3 saturated carbocycles. The lowest BCUT2D eigenvalue weighted by Crippen LogP contribution is -2.83. The van der Waals surface area contributed by atoms with Crippen LogP contribution in [-0.2, 0) is 19.1 Å². The van der Waals surface area contributed by atoms with Gasteiger partial charge in [0.2, 0.25) is 5.79 Å². The van der Waals surface area contributed by atoms with Gasteiger partial charge >= 0.3 is 5.97 Å². The normalized spacial score (nSPS) is 54.1.